The number of fused-ring (bicyclic) bond motifs is 2. The molecule has 148 valence electrons. The Labute approximate surface area is 165 Å². The number of aryl methyl sites for hydroxylation is 1. The largest absolute Gasteiger partial charge is 0.368 e. The van der Waals surface area contributed by atoms with E-state index in [2.05, 4.69) is 15.5 Å². The standard InChI is InChI=1S/C18H21N5O4S/c1-10-4-13(22-27-10)16(25)23-12-2-3-14(23)18(6-12,5-11-8-28-9-21-11)17(26)20-7-15(19)24/h4,8-9,12,14H,2-3,5-7H2,1H3,(H2,19,24)(H,20,26)/t12-,14+,18+/m1/s1. The summed E-state index contributed by atoms with van der Waals surface area (Å²) < 4.78 is 5.05. The first-order valence-electron chi connectivity index (χ1n) is 9.10. The number of nitrogens with one attached hydrogen (secondary N) is 1. The number of thiazole rings is 1. The number of aromatic nitrogens is 2. The van der Waals surface area contributed by atoms with E-state index in [4.69, 9.17) is 10.3 Å². The molecule has 2 saturated heterocycles. The highest BCUT2D eigenvalue weighted by Crippen LogP contribution is 2.52. The molecule has 3 atom stereocenters. The van der Waals surface area contributed by atoms with E-state index in [1.165, 1.54) is 11.3 Å². The first-order chi connectivity index (χ1) is 13.4. The average molecular weight is 403 g/mol. The van der Waals surface area contributed by atoms with Crippen LogP contribution in [0.3, 0.4) is 0 Å². The molecule has 0 saturated carbocycles. The molecule has 2 aromatic heterocycles. The van der Waals surface area contributed by atoms with Crippen molar-refractivity contribution in [2.75, 3.05) is 6.54 Å². The summed E-state index contributed by atoms with van der Waals surface area (Å²) in [6.45, 7) is 1.50. The number of hydrogen-bond acceptors (Lipinski definition) is 7. The summed E-state index contributed by atoms with van der Waals surface area (Å²) in [6.07, 6.45) is 2.46. The van der Waals surface area contributed by atoms with Crippen LogP contribution in [-0.4, -0.2) is 51.4 Å². The Hall–Kier alpha value is -2.75. The Morgan fingerprint density at radius 1 is 1.43 bits per heavy atom. The minimum absolute atomic E-state index is 0.0625. The van der Waals surface area contributed by atoms with Gasteiger partial charge in [-0.1, -0.05) is 5.16 Å². The van der Waals surface area contributed by atoms with Crippen LogP contribution >= 0.6 is 11.3 Å². The summed E-state index contributed by atoms with van der Waals surface area (Å²) in [7, 11) is 0. The topological polar surface area (TPSA) is 131 Å². The number of carbonyl (C=O) groups is 3. The van der Waals surface area contributed by atoms with E-state index in [0.717, 1.165) is 12.1 Å². The van der Waals surface area contributed by atoms with Crippen molar-refractivity contribution in [3.05, 3.63) is 34.1 Å². The summed E-state index contributed by atoms with van der Waals surface area (Å²) in [6, 6.07) is 1.25. The van der Waals surface area contributed by atoms with Crippen molar-refractivity contribution < 1.29 is 18.9 Å². The van der Waals surface area contributed by atoms with Crippen molar-refractivity contribution in [1.82, 2.24) is 20.4 Å². The molecule has 0 unspecified atom stereocenters. The van der Waals surface area contributed by atoms with Crippen molar-refractivity contribution in [2.45, 2.75) is 44.7 Å². The third-order valence-electron chi connectivity index (χ3n) is 5.68. The molecule has 4 heterocycles. The van der Waals surface area contributed by atoms with Crippen LogP contribution in [0.5, 0.6) is 0 Å². The van der Waals surface area contributed by atoms with Crippen molar-refractivity contribution in [3.8, 4) is 0 Å². The number of carbonyl (C=O) groups excluding carboxylic acids is 3. The Bertz CT molecular complexity index is 911. The van der Waals surface area contributed by atoms with Crippen molar-refractivity contribution in [2.24, 2.45) is 11.1 Å². The van der Waals surface area contributed by atoms with Crippen LogP contribution in [-0.2, 0) is 16.0 Å². The van der Waals surface area contributed by atoms with Crippen LogP contribution in [0.4, 0.5) is 0 Å². The van der Waals surface area contributed by atoms with Gasteiger partial charge in [0.05, 0.1) is 23.2 Å². The van der Waals surface area contributed by atoms with E-state index in [1.807, 2.05) is 5.38 Å². The zero-order valence-corrected chi connectivity index (χ0v) is 16.2. The quantitative estimate of drug-likeness (QED) is 0.728. The van der Waals surface area contributed by atoms with Gasteiger partial charge in [-0.05, 0) is 26.2 Å². The number of nitrogens with two attached hydrogens (primary N) is 1. The first kappa shape index (κ1) is 18.6. The molecule has 3 N–H and O–H groups in total. The Morgan fingerprint density at radius 2 is 2.25 bits per heavy atom. The number of amides is 3. The SMILES string of the molecule is Cc1cc(C(=O)N2[C@@H]3CC[C@H]2[C@@](Cc2cscn2)(C(=O)NCC(N)=O)C3)no1. The molecule has 0 aliphatic carbocycles. The lowest BCUT2D eigenvalue weighted by molar-refractivity contribution is -0.134. The van der Waals surface area contributed by atoms with E-state index in [-0.39, 0.29) is 36.1 Å². The van der Waals surface area contributed by atoms with Crippen LogP contribution in [0, 0.1) is 12.3 Å². The fourth-order valence-corrected chi connectivity index (χ4v) is 5.15. The minimum atomic E-state index is -0.846. The Morgan fingerprint density at radius 3 is 2.89 bits per heavy atom. The van der Waals surface area contributed by atoms with Crippen molar-refractivity contribution in [3.63, 3.8) is 0 Å². The molecule has 2 aliphatic heterocycles. The van der Waals surface area contributed by atoms with Crippen LogP contribution in [0.1, 0.15) is 41.2 Å². The van der Waals surface area contributed by atoms with Gasteiger partial charge >= 0.3 is 0 Å². The summed E-state index contributed by atoms with van der Waals surface area (Å²) in [4.78, 5) is 43.5. The molecule has 28 heavy (non-hydrogen) atoms. The molecule has 2 bridgehead atoms. The maximum absolute atomic E-state index is 13.2. The lowest BCUT2D eigenvalue weighted by atomic mass is 9.70. The summed E-state index contributed by atoms with van der Waals surface area (Å²) in [5.41, 5.74) is 7.12. The van der Waals surface area contributed by atoms with Crippen molar-refractivity contribution in [1.29, 1.82) is 0 Å². The summed E-state index contributed by atoms with van der Waals surface area (Å²) >= 11 is 1.46. The van der Waals surface area contributed by atoms with Gasteiger partial charge in [0.2, 0.25) is 11.8 Å². The van der Waals surface area contributed by atoms with Crippen molar-refractivity contribution >= 4 is 29.1 Å². The molecule has 2 aliphatic rings. The lowest BCUT2D eigenvalue weighted by Gasteiger charge is -2.35. The van der Waals surface area contributed by atoms with E-state index in [9.17, 15) is 14.4 Å². The molecular formula is C18H21N5O4S. The minimum Gasteiger partial charge on any atom is -0.368 e. The van der Waals surface area contributed by atoms with Crippen LogP contribution < -0.4 is 11.1 Å². The monoisotopic (exact) mass is 403 g/mol. The molecule has 3 amide bonds. The predicted molar refractivity (Wildman–Crippen MR) is 99.3 cm³/mol. The second kappa shape index (κ2) is 7.01. The maximum atomic E-state index is 13.2. The molecule has 0 aromatic carbocycles. The fourth-order valence-electron chi connectivity index (χ4n) is 4.59. The summed E-state index contributed by atoms with van der Waals surface area (Å²) in [5.74, 6) is -0.540. The highest BCUT2D eigenvalue weighted by atomic mass is 32.1. The average Bonchev–Trinajstić information content (AvgIpc) is 3.43. The highest BCUT2D eigenvalue weighted by molar-refractivity contribution is 7.07. The van der Waals surface area contributed by atoms with Crippen LogP contribution in [0.2, 0.25) is 0 Å². The predicted octanol–water partition coefficient (Wildman–Crippen LogP) is 0.647. The number of primary amides is 1. The molecule has 0 radical (unpaired) electrons. The number of rotatable bonds is 6. The van der Waals surface area contributed by atoms with Gasteiger partial charge < -0.3 is 20.5 Å². The highest BCUT2D eigenvalue weighted by Gasteiger charge is 2.61. The van der Waals surface area contributed by atoms with Gasteiger partial charge in [0, 0.05) is 30.0 Å². The molecular weight excluding hydrogens is 382 g/mol. The van der Waals surface area contributed by atoms with Gasteiger partial charge in [-0.2, -0.15) is 0 Å². The van der Waals surface area contributed by atoms with Gasteiger partial charge in [-0.3, -0.25) is 14.4 Å². The molecule has 4 rings (SSSR count). The first-order valence-corrected chi connectivity index (χ1v) is 10.0. The van der Waals surface area contributed by atoms with Crippen LogP contribution in [0.15, 0.2) is 21.5 Å². The van der Waals surface area contributed by atoms with Gasteiger partial charge in [-0.15, -0.1) is 11.3 Å². The normalized spacial score (nSPS) is 25.8. The lowest BCUT2D eigenvalue weighted by Crippen LogP contribution is -2.52. The Kier molecular flexibility index (Phi) is 4.66. The van der Waals surface area contributed by atoms with Gasteiger partial charge in [0.15, 0.2) is 5.69 Å². The van der Waals surface area contributed by atoms with E-state index >= 15 is 0 Å². The molecule has 9 nitrogen and oxygen atoms in total. The number of hydrogen-bond donors (Lipinski definition) is 2. The van der Waals surface area contributed by atoms with E-state index in [1.54, 1.807) is 23.4 Å². The van der Waals surface area contributed by atoms with Gasteiger partial charge in [-0.25, -0.2) is 4.98 Å². The van der Waals surface area contributed by atoms with Crippen LogP contribution in [0.25, 0.3) is 0 Å². The second-order valence-corrected chi connectivity index (χ2v) is 8.17. The van der Waals surface area contributed by atoms with Gasteiger partial charge in [0.1, 0.15) is 5.76 Å². The van der Waals surface area contributed by atoms with Gasteiger partial charge in [0.25, 0.3) is 5.91 Å². The third-order valence-corrected chi connectivity index (χ3v) is 6.31. The molecule has 2 fully saturated rings. The molecule has 10 heteroatoms. The summed E-state index contributed by atoms with van der Waals surface area (Å²) in [5, 5.41) is 8.41. The smallest absolute Gasteiger partial charge is 0.276 e. The number of nitrogens with zero attached hydrogens (tertiary/aromatic N) is 3. The molecule has 2 aromatic rings. The third kappa shape index (κ3) is 3.07. The maximum Gasteiger partial charge on any atom is 0.276 e. The Balaban J connectivity index is 1.65. The molecule has 0 spiro atoms. The van der Waals surface area contributed by atoms with E-state index < -0.39 is 11.3 Å². The zero-order valence-electron chi connectivity index (χ0n) is 15.4. The second-order valence-electron chi connectivity index (χ2n) is 7.45. The zero-order chi connectivity index (χ0) is 19.9. The fraction of sp³-hybridized carbons (Fsp3) is 0.500. The van der Waals surface area contributed by atoms with E-state index in [0.29, 0.717) is 25.0 Å².